The Kier molecular flexibility index (Phi) is 5.73. The third-order valence-corrected chi connectivity index (χ3v) is 4.34. The lowest BCUT2D eigenvalue weighted by atomic mass is 10.4. The predicted octanol–water partition coefficient (Wildman–Crippen LogP) is 1.38. The number of amidine groups is 1. The topological polar surface area (TPSA) is 135 Å². The third-order valence-electron chi connectivity index (χ3n) is 2.64. The van der Waals surface area contributed by atoms with Gasteiger partial charge in [-0.2, -0.15) is 0 Å². The van der Waals surface area contributed by atoms with Crippen LogP contribution < -0.4 is 11.1 Å². The molecule has 0 aromatic carbocycles. The molecule has 0 fully saturated rings. The molecule has 5 N–H and O–H groups in total. The van der Waals surface area contributed by atoms with Crippen molar-refractivity contribution in [1.29, 1.82) is 0 Å². The Balaban J connectivity index is 2.77. The number of ether oxygens (including phenoxy) is 1. The summed E-state index contributed by atoms with van der Waals surface area (Å²) in [5.74, 6) is -0.176. The fourth-order valence-corrected chi connectivity index (χ4v) is 2.25. The van der Waals surface area contributed by atoms with Gasteiger partial charge in [0.25, 0.3) is 0 Å². The normalized spacial score (nSPS) is 12.4. The minimum atomic E-state index is -1.27. The van der Waals surface area contributed by atoms with Gasteiger partial charge >= 0.3 is 6.09 Å². The number of amides is 1. The summed E-state index contributed by atoms with van der Waals surface area (Å²) in [5, 5.41) is 22.5. The molecule has 0 radical (unpaired) electrons. The molecule has 21 heavy (non-hydrogen) atoms. The second-order valence-corrected chi connectivity index (χ2v) is 11.3. The van der Waals surface area contributed by atoms with Crippen molar-refractivity contribution in [3.8, 4) is 0 Å². The first-order valence-electron chi connectivity index (χ1n) is 6.35. The van der Waals surface area contributed by atoms with Gasteiger partial charge in [0, 0.05) is 14.7 Å². The van der Waals surface area contributed by atoms with Crippen molar-refractivity contribution in [2.45, 2.75) is 32.4 Å². The van der Waals surface area contributed by atoms with Crippen molar-refractivity contribution in [3.63, 3.8) is 0 Å². The zero-order valence-corrected chi connectivity index (χ0v) is 13.3. The van der Waals surface area contributed by atoms with Gasteiger partial charge in [-0.25, -0.2) is 9.78 Å². The predicted molar refractivity (Wildman–Crippen MR) is 80.5 cm³/mol. The molecule has 0 saturated heterocycles. The highest BCUT2D eigenvalue weighted by Crippen LogP contribution is 2.15. The van der Waals surface area contributed by atoms with Crippen LogP contribution in [-0.4, -0.2) is 46.5 Å². The van der Waals surface area contributed by atoms with Crippen LogP contribution in [0, 0.1) is 0 Å². The number of nitrogens with zero attached hydrogens (tertiary/aromatic N) is 3. The summed E-state index contributed by atoms with van der Waals surface area (Å²) < 4.78 is 6.98. The molecule has 0 spiro atoms. The number of carbonyl (C=O) groups is 1. The van der Waals surface area contributed by atoms with E-state index in [1.165, 1.54) is 10.9 Å². The van der Waals surface area contributed by atoms with Crippen LogP contribution in [0.4, 0.5) is 10.6 Å². The van der Waals surface area contributed by atoms with E-state index in [4.69, 9.17) is 20.8 Å². The van der Waals surface area contributed by atoms with Gasteiger partial charge in [0.2, 0.25) is 0 Å². The van der Waals surface area contributed by atoms with Gasteiger partial charge in [0.05, 0.1) is 6.33 Å². The van der Waals surface area contributed by atoms with Gasteiger partial charge in [0.1, 0.15) is 12.5 Å². The lowest BCUT2D eigenvalue weighted by Gasteiger charge is -2.16. The highest BCUT2D eigenvalue weighted by molar-refractivity contribution is 6.76. The van der Waals surface area contributed by atoms with Gasteiger partial charge in [-0.15, -0.1) is 0 Å². The van der Waals surface area contributed by atoms with Gasteiger partial charge in [0.15, 0.2) is 11.5 Å². The Labute approximate surface area is 123 Å². The number of hydrogen-bond donors (Lipinski definition) is 4. The number of oxime groups is 1. The fourth-order valence-electron chi connectivity index (χ4n) is 1.49. The first-order valence-corrected chi connectivity index (χ1v) is 10.1. The maximum atomic E-state index is 10.8. The van der Waals surface area contributed by atoms with Crippen LogP contribution in [0.25, 0.3) is 0 Å². The lowest BCUT2D eigenvalue weighted by Crippen LogP contribution is -2.22. The second kappa shape index (κ2) is 7.08. The summed E-state index contributed by atoms with van der Waals surface area (Å²) in [6.45, 7) is 7.43. The number of anilines is 1. The molecule has 1 rings (SSSR count). The molecule has 0 bridgehead atoms. The van der Waals surface area contributed by atoms with Gasteiger partial charge in [-0.3, -0.25) is 9.88 Å². The van der Waals surface area contributed by atoms with Crippen LogP contribution in [0.1, 0.15) is 5.69 Å². The van der Waals surface area contributed by atoms with Crippen LogP contribution in [0.15, 0.2) is 11.5 Å². The molecular weight excluding hydrogens is 294 g/mol. The standard InChI is InChI=1S/C11H21N5O4Si/c1-21(2,3)5-4-20-7-16-6-13-8(9(12)15-19)10(16)14-11(17)18/h6,14,19H,4-5,7H2,1-3H3,(H2,12,15)(H,17,18). The number of nitrogens with one attached hydrogen (secondary N) is 1. The average molecular weight is 315 g/mol. The lowest BCUT2D eigenvalue weighted by molar-refractivity contribution is 0.0883. The van der Waals surface area contributed by atoms with E-state index >= 15 is 0 Å². The van der Waals surface area contributed by atoms with Crippen molar-refractivity contribution >= 4 is 25.8 Å². The summed E-state index contributed by atoms with van der Waals surface area (Å²) >= 11 is 0. The van der Waals surface area contributed by atoms with E-state index in [-0.39, 0.29) is 24.1 Å². The first-order chi connectivity index (χ1) is 9.74. The van der Waals surface area contributed by atoms with E-state index in [0.29, 0.717) is 6.61 Å². The third kappa shape index (κ3) is 5.43. The van der Waals surface area contributed by atoms with E-state index in [2.05, 4.69) is 35.1 Å². The molecule has 118 valence electrons. The van der Waals surface area contributed by atoms with Crippen molar-refractivity contribution in [2.24, 2.45) is 10.9 Å². The van der Waals surface area contributed by atoms with Crippen LogP contribution in [-0.2, 0) is 11.5 Å². The fraction of sp³-hybridized carbons (Fsp3) is 0.545. The number of hydrogen-bond acceptors (Lipinski definition) is 5. The largest absolute Gasteiger partial charge is 0.465 e. The quantitative estimate of drug-likeness (QED) is 0.150. The smallest absolute Gasteiger partial charge is 0.410 e. The van der Waals surface area contributed by atoms with Crippen LogP contribution in [0.2, 0.25) is 25.7 Å². The maximum absolute atomic E-state index is 10.8. The van der Waals surface area contributed by atoms with Crippen molar-refractivity contribution in [1.82, 2.24) is 9.55 Å². The Morgan fingerprint density at radius 3 is 2.76 bits per heavy atom. The number of carboxylic acid groups (broad SMARTS) is 1. The highest BCUT2D eigenvalue weighted by atomic mass is 28.3. The number of aromatic nitrogens is 2. The Morgan fingerprint density at radius 1 is 1.57 bits per heavy atom. The molecule has 9 nitrogen and oxygen atoms in total. The molecule has 0 aliphatic heterocycles. The van der Waals surface area contributed by atoms with Gasteiger partial charge < -0.3 is 20.8 Å². The van der Waals surface area contributed by atoms with Crippen molar-refractivity contribution in [3.05, 3.63) is 12.0 Å². The molecule has 0 atom stereocenters. The molecule has 1 heterocycles. The molecule has 1 aromatic heterocycles. The van der Waals surface area contributed by atoms with Gasteiger partial charge in [-0.1, -0.05) is 24.8 Å². The van der Waals surface area contributed by atoms with Crippen molar-refractivity contribution in [2.75, 3.05) is 11.9 Å². The van der Waals surface area contributed by atoms with Crippen LogP contribution in [0.3, 0.4) is 0 Å². The Morgan fingerprint density at radius 2 is 2.24 bits per heavy atom. The summed E-state index contributed by atoms with van der Waals surface area (Å²) in [6, 6.07) is 0.997. The SMILES string of the molecule is C[Si](C)(C)CCOCn1cnc(C(N)=NO)c1NC(=O)O. The van der Waals surface area contributed by atoms with E-state index in [0.717, 1.165) is 6.04 Å². The van der Waals surface area contributed by atoms with Crippen LogP contribution in [0.5, 0.6) is 0 Å². The maximum Gasteiger partial charge on any atom is 0.410 e. The molecule has 0 aliphatic carbocycles. The number of rotatable bonds is 7. The van der Waals surface area contributed by atoms with Gasteiger partial charge in [-0.05, 0) is 6.04 Å². The minimum absolute atomic E-state index is 0.0497. The molecule has 0 aliphatic rings. The van der Waals surface area contributed by atoms with E-state index in [1.807, 2.05) is 0 Å². The molecule has 0 unspecified atom stereocenters. The summed E-state index contributed by atoms with van der Waals surface area (Å²) in [6.07, 6.45) is 0.0958. The molecule has 0 saturated carbocycles. The Hall–Kier alpha value is -2.07. The van der Waals surface area contributed by atoms with E-state index < -0.39 is 14.2 Å². The highest BCUT2D eigenvalue weighted by Gasteiger charge is 2.17. The average Bonchev–Trinajstić information content (AvgIpc) is 2.75. The summed E-state index contributed by atoms with van der Waals surface area (Å²) in [5.41, 5.74) is 5.50. The number of imidazole rings is 1. The second-order valence-electron chi connectivity index (χ2n) is 5.67. The summed E-state index contributed by atoms with van der Waals surface area (Å²) in [7, 11) is -1.19. The van der Waals surface area contributed by atoms with Crippen LogP contribution >= 0.6 is 0 Å². The molecule has 10 heteroatoms. The monoisotopic (exact) mass is 315 g/mol. The summed E-state index contributed by atoms with van der Waals surface area (Å²) in [4.78, 5) is 14.7. The van der Waals surface area contributed by atoms with Crippen molar-refractivity contribution < 1.29 is 19.8 Å². The minimum Gasteiger partial charge on any atom is -0.465 e. The molecule has 1 amide bonds. The Bertz CT molecular complexity index is 523. The first kappa shape index (κ1) is 17.0. The molecular formula is C11H21N5O4Si. The van der Waals surface area contributed by atoms with E-state index in [1.54, 1.807) is 0 Å². The number of nitrogens with two attached hydrogens (primary N) is 1. The van der Waals surface area contributed by atoms with E-state index in [9.17, 15) is 4.79 Å². The zero-order chi connectivity index (χ0) is 16.0. The zero-order valence-electron chi connectivity index (χ0n) is 12.3. The molecule has 1 aromatic rings.